The summed E-state index contributed by atoms with van der Waals surface area (Å²) in [4.78, 5) is 10.4. The second-order valence-corrected chi connectivity index (χ2v) is 4.70. The molecular weight excluding hydrogens is 204 g/mol. The van der Waals surface area contributed by atoms with Crippen LogP contribution in [-0.4, -0.2) is 41.7 Å². The third kappa shape index (κ3) is 2.31. The molecule has 2 rings (SSSR count). The minimum atomic E-state index is -0.972. The van der Waals surface area contributed by atoms with E-state index in [1.807, 2.05) is 0 Å². The average molecular weight is 218 g/mol. The van der Waals surface area contributed by atoms with Crippen molar-refractivity contribution in [2.45, 2.75) is 18.0 Å². The zero-order valence-electron chi connectivity index (χ0n) is 7.73. The first kappa shape index (κ1) is 10.1. The summed E-state index contributed by atoms with van der Waals surface area (Å²) in [6.07, 6.45) is 0.00347. The number of rotatable bonds is 1. The van der Waals surface area contributed by atoms with Crippen LogP contribution >= 0.6 is 11.8 Å². The Bertz CT molecular complexity index is 227. The topological polar surface area (TPSA) is 70.6 Å². The van der Waals surface area contributed by atoms with E-state index in [1.54, 1.807) is 11.8 Å². The van der Waals surface area contributed by atoms with Crippen LogP contribution in [0, 0.1) is 5.92 Å². The molecule has 0 aromatic heterocycles. The molecule has 2 saturated heterocycles. The predicted octanol–water partition coefficient (Wildman–Crippen LogP) is 0.279. The molecule has 2 aliphatic heterocycles. The van der Waals surface area contributed by atoms with Gasteiger partial charge < -0.3 is 9.84 Å². The molecular formula is C8H14N2O3S. The maximum atomic E-state index is 10.4. The largest absolute Gasteiger partial charge is 0.465 e. The van der Waals surface area contributed by atoms with E-state index in [9.17, 15) is 4.79 Å². The second kappa shape index (κ2) is 4.37. The Morgan fingerprint density at radius 1 is 1.64 bits per heavy atom. The molecule has 0 radical (unpaired) electrons. The van der Waals surface area contributed by atoms with Crippen molar-refractivity contribution in [2.24, 2.45) is 5.92 Å². The van der Waals surface area contributed by atoms with Crippen LogP contribution < -0.4 is 10.6 Å². The number of nitrogens with one attached hydrogen (secondary N) is 2. The van der Waals surface area contributed by atoms with E-state index in [0.29, 0.717) is 12.0 Å². The van der Waals surface area contributed by atoms with Gasteiger partial charge in [-0.25, -0.2) is 4.79 Å². The fourth-order valence-corrected chi connectivity index (χ4v) is 3.06. The van der Waals surface area contributed by atoms with Gasteiger partial charge in [-0.05, 0) is 6.42 Å². The standard InChI is InChI=1S/C8H14N2O3S/c11-8(12)10-7-9-6-1-2-13-3-5(6)4-14-7/h5-7,9-10H,1-4H2,(H,11,12). The van der Waals surface area contributed by atoms with Crippen LogP contribution in [0.5, 0.6) is 0 Å². The molecule has 2 heterocycles. The Hall–Kier alpha value is -0.460. The Kier molecular flexibility index (Phi) is 3.15. The van der Waals surface area contributed by atoms with Gasteiger partial charge in [-0.3, -0.25) is 10.6 Å². The van der Waals surface area contributed by atoms with Crippen molar-refractivity contribution in [1.82, 2.24) is 10.6 Å². The van der Waals surface area contributed by atoms with Gasteiger partial charge >= 0.3 is 6.09 Å². The number of thioether (sulfide) groups is 1. The van der Waals surface area contributed by atoms with Crippen molar-refractivity contribution in [2.75, 3.05) is 19.0 Å². The molecule has 3 atom stereocenters. The fourth-order valence-electron chi connectivity index (χ4n) is 1.84. The lowest BCUT2D eigenvalue weighted by Crippen LogP contribution is -2.56. The van der Waals surface area contributed by atoms with Gasteiger partial charge in [-0.15, -0.1) is 11.8 Å². The third-order valence-corrected chi connectivity index (χ3v) is 3.78. The van der Waals surface area contributed by atoms with E-state index in [2.05, 4.69) is 10.6 Å². The molecule has 0 aromatic rings. The number of hydrogen-bond donors (Lipinski definition) is 3. The quantitative estimate of drug-likeness (QED) is 0.589. The van der Waals surface area contributed by atoms with Crippen molar-refractivity contribution in [3.8, 4) is 0 Å². The van der Waals surface area contributed by atoms with E-state index < -0.39 is 6.09 Å². The predicted molar refractivity (Wildman–Crippen MR) is 53.3 cm³/mol. The minimum Gasteiger partial charge on any atom is -0.465 e. The molecule has 14 heavy (non-hydrogen) atoms. The van der Waals surface area contributed by atoms with Crippen LogP contribution in [0.15, 0.2) is 0 Å². The van der Waals surface area contributed by atoms with Crippen LogP contribution in [0.3, 0.4) is 0 Å². The molecule has 0 aromatic carbocycles. The molecule has 3 N–H and O–H groups in total. The highest BCUT2D eigenvalue weighted by atomic mass is 32.2. The fraction of sp³-hybridized carbons (Fsp3) is 0.875. The summed E-state index contributed by atoms with van der Waals surface area (Å²) in [5.74, 6) is 1.49. The summed E-state index contributed by atoms with van der Waals surface area (Å²) in [6.45, 7) is 1.57. The molecule has 0 spiro atoms. The number of carbonyl (C=O) groups is 1. The number of carboxylic acid groups (broad SMARTS) is 1. The second-order valence-electron chi connectivity index (χ2n) is 3.56. The molecule has 1 amide bonds. The molecule has 2 fully saturated rings. The van der Waals surface area contributed by atoms with Gasteiger partial charge in [0.2, 0.25) is 0 Å². The number of fused-ring (bicyclic) bond motifs is 1. The first-order valence-electron chi connectivity index (χ1n) is 4.70. The van der Waals surface area contributed by atoms with Gasteiger partial charge in [0, 0.05) is 24.3 Å². The monoisotopic (exact) mass is 218 g/mol. The summed E-state index contributed by atoms with van der Waals surface area (Å²) >= 11 is 1.59. The minimum absolute atomic E-state index is 0.160. The smallest absolute Gasteiger partial charge is 0.406 e. The lowest BCUT2D eigenvalue weighted by Gasteiger charge is -2.39. The number of ether oxygens (including phenoxy) is 1. The summed E-state index contributed by atoms with van der Waals surface area (Å²) < 4.78 is 5.37. The summed E-state index contributed by atoms with van der Waals surface area (Å²) in [5, 5.41) is 14.3. The lowest BCUT2D eigenvalue weighted by atomic mass is 9.98. The van der Waals surface area contributed by atoms with Crippen LogP contribution in [-0.2, 0) is 4.74 Å². The van der Waals surface area contributed by atoms with Crippen LogP contribution in [0.4, 0.5) is 4.79 Å². The van der Waals surface area contributed by atoms with Crippen molar-refractivity contribution >= 4 is 17.9 Å². The van der Waals surface area contributed by atoms with Gasteiger partial charge in [0.15, 0.2) is 0 Å². The van der Waals surface area contributed by atoms with Gasteiger partial charge in [0.05, 0.1) is 6.61 Å². The third-order valence-electron chi connectivity index (χ3n) is 2.57. The first-order valence-corrected chi connectivity index (χ1v) is 5.75. The average Bonchev–Trinajstić information content (AvgIpc) is 2.17. The number of amides is 1. The number of hydrogen-bond acceptors (Lipinski definition) is 4. The maximum absolute atomic E-state index is 10.4. The highest BCUT2D eigenvalue weighted by Crippen LogP contribution is 2.26. The van der Waals surface area contributed by atoms with Gasteiger partial charge in [0.25, 0.3) is 0 Å². The normalized spacial score (nSPS) is 37.3. The Labute approximate surface area is 86.6 Å². The van der Waals surface area contributed by atoms with Crippen molar-refractivity contribution in [3.63, 3.8) is 0 Å². The molecule has 80 valence electrons. The molecule has 6 heteroatoms. The van der Waals surface area contributed by atoms with Gasteiger partial charge in [-0.2, -0.15) is 0 Å². The zero-order chi connectivity index (χ0) is 9.97. The summed E-state index contributed by atoms with van der Waals surface area (Å²) in [6, 6.07) is 0.404. The van der Waals surface area contributed by atoms with Crippen LogP contribution in [0.25, 0.3) is 0 Å². The lowest BCUT2D eigenvalue weighted by molar-refractivity contribution is 0.0366. The molecule has 3 unspecified atom stereocenters. The van der Waals surface area contributed by atoms with E-state index in [-0.39, 0.29) is 5.50 Å². The summed E-state index contributed by atoms with van der Waals surface area (Å²) in [7, 11) is 0. The summed E-state index contributed by atoms with van der Waals surface area (Å²) in [5.41, 5.74) is -0.160. The van der Waals surface area contributed by atoms with Crippen LogP contribution in [0.1, 0.15) is 6.42 Å². The molecule has 0 bridgehead atoms. The maximum Gasteiger partial charge on any atom is 0.406 e. The van der Waals surface area contributed by atoms with Gasteiger partial charge in [-0.1, -0.05) is 0 Å². The van der Waals surface area contributed by atoms with Crippen molar-refractivity contribution in [3.05, 3.63) is 0 Å². The SMILES string of the molecule is O=C(O)NC1NC2CCOCC2CS1. The van der Waals surface area contributed by atoms with E-state index >= 15 is 0 Å². The van der Waals surface area contributed by atoms with Crippen molar-refractivity contribution in [1.29, 1.82) is 0 Å². The van der Waals surface area contributed by atoms with E-state index in [4.69, 9.17) is 9.84 Å². The molecule has 0 aliphatic carbocycles. The van der Waals surface area contributed by atoms with E-state index in [1.165, 1.54) is 0 Å². The molecule has 0 saturated carbocycles. The zero-order valence-corrected chi connectivity index (χ0v) is 8.55. The highest BCUT2D eigenvalue weighted by Gasteiger charge is 2.33. The molecule has 2 aliphatic rings. The Morgan fingerprint density at radius 2 is 2.50 bits per heavy atom. The first-order chi connectivity index (χ1) is 6.75. The Balaban J connectivity index is 1.86. The Morgan fingerprint density at radius 3 is 3.29 bits per heavy atom. The van der Waals surface area contributed by atoms with Gasteiger partial charge in [0.1, 0.15) is 5.50 Å². The highest BCUT2D eigenvalue weighted by molar-refractivity contribution is 7.99. The van der Waals surface area contributed by atoms with Crippen molar-refractivity contribution < 1.29 is 14.6 Å². The van der Waals surface area contributed by atoms with E-state index in [0.717, 1.165) is 25.4 Å². The molecule has 5 nitrogen and oxygen atoms in total. The van der Waals surface area contributed by atoms with Crippen LogP contribution in [0.2, 0.25) is 0 Å².